The highest BCUT2D eigenvalue weighted by Crippen LogP contribution is 2.16. The molecule has 3 rings (SSSR count). The van der Waals surface area contributed by atoms with E-state index < -0.39 is 0 Å². The smallest absolute Gasteiger partial charge is 0.268 e. The van der Waals surface area contributed by atoms with E-state index in [4.69, 9.17) is 4.74 Å². The first-order chi connectivity index (χ1) is 12.0. The number of fused-ring (bicyclic) bond motifs is 1. The van der Waals surface area contributed by atoms with Crippen LogP contribution in [-0.2, 0) is 20.1 Å². The number of aromatic nitrogens is 2. The van der Waals surface area contributed by atoms with Gasteiger partial charge in [0.15, 0.2) is 0 Å². The fourth-order valence-electron chi connectivity index (χ4n) is 2.90. The minimum Gasteiger partial charge on any atom is -0.497 e. The first-order valence-electron chi connectivity index (χ1n) is 8.15. The summed E-state index contributed by atoms with van der Waals surface area (Å²) in [4.78, 5) is 25.0. The fraction of sp³-hybridized carbons (Fsp3) is 0.263. The van der Waals surface area contributed by atoms with E-state index >= 15 is 0 Å². The minimum atomic E-state index is -0.219. The van der Waals surface area contributed by atoms with Crippen LogP contribution < -0.4 is 15.6 Å². The summed E-state index contributed by atoms with van der Waals surface area (Å²) in [6, 6.07) is 11.0. The summed E-state index contributed by atoms with van der Waals surface area (Å²) >= 11 is 0. The van der Waals surface area contributed by atoms with Gasteiger partial charge in [-0.15, -0.1) is 0 Å². The van der Waals surface area contributed by atoms with E-state index in [0.717, 1.165) is 16.8 Å². The zero-order valence-electron chi connectivity index (χ0n) is 14.6. The zero-order chi connectivity index (χ0) is 18.0. The second-order valence-corrected chi connectivity index (χ2v) is 5.83. The van der Waals surface area contributed by atoms with Crippen molar-refractivity contribution in [3.05, 3.63) is 64.2 Å². The number of hydrogen-bond donors (Lipinski definition) is 1. The summed E-state index contributed by atoms with van der Waals surface area (Å²) in [6.45, 7) is 2.90. The number of benzene rings is 1. The van der Waals surface area contributed by atoms with Gasteiger partial charge in [-0.3, -0.25) is 9.59 Å². The average molecular weight is 339 g/mol. The molecule has 3 aromatic rings. The molecule has 25 heavy (non-hydrogen) atoms. The van der Waals surface area contributed by atoms with E-state index in [1.807, 2.05) is 37.3 Å². The Bertz CT molecular complexity index is 985. The Morgan fingerprint density at radius 1 is 1.24 bits per heavy atom. The van der Waals surface area contributed by atoms with Crippen molar-refractivity contribution in [1.29, 1.82) is 0 Å². The Labute approximate surface area is 145 Å². The number of rotatable bonds is 5. The lowest BCUT2D eigenvalue weighted by Crippen LogP contribution is -2.24. The normalized spacial score (nSPS) is 10.8. The zero-order valence-corrected chi connectivity index (χ0v) is 14.6. The van der Waals surface area contributed by atoms with Crippen LogP contribution in [0.2, 0.25) is 0 Å². The van der Waals surface area contributed by atoms with Crippen LogP contribution in [0, 0.1) is 0 Å². The number of nitrogens with one attached hydrogen (secondary N) is 1. The van der Waals surface area contributed by atoms with Gasteiger partial charge >= 0.3 is 0 Å². The van der Waals surface area contributed by atoms with Gasteiger partial charge in [0.2, 0.25) is 0 Å². The van der Waals surface area contributed by atoms with Gasteiger partial charge in [0.25, 0.3) is 11.5 Å². The molecule has 0 spiro atoms. The highest BCUT2D eigenvalue weighted by Gasteiger charge is 2.15. The van der Waals surface area contributed by atoms with Crippen molar-refractivity contribution in [1.82, 2.24) is 14.5 Å². The van der Waals surface area contributed by atoms with Crippen molar-refractivity contribution in [2.75, 3.05) is 7.11 Å². The van der Waals surface area contributed by atoms with Gasteiger partial charge < -0.3 is 19.2 Å². The van der Waals surface area contributed by atoms with Crippen LogP contribution >= 0.6 is 0 Å². The molecule has 2 aromatic heterocycles. The molecule has 0 aliphatic carbocycles. The summed E-state index contributed by atoms with van der Waals surface area (Å²) in [5.41, 5.74) is 2.08. The largest absolute Gasteiger partial charge is 0.497 e. The number of aryl methyl sites for hydroxylation is 2. The molecule has 6 heteroatoms. The molecule has 0 unspecified atom stereocenters. The van der Waals surface area contributed by atoms with Crippen LogP contribution in [0.4, 0.5) is 0 Å². The van der Waals surface area contributed by atoms with E-state index in [0.29, 0.717) is 24.2 Å². The third kappa shape index (κ3) is 3.15. The Morgan fingerprint density at radius 3 is 2.76 bits per heavy atom. The molecule has 1 amide bonds. The summed E-state index contributed by atoms with van der Waals surface area (Å²) in [5, 5.41) is 3.45. The lowest BCUT2D eigenvalue weighted by Gasteiger charge is -2.08. The maximum atomic E-state index is 12.6. The number of ether oxygens (including phenoxy) is 1. The average Bonchev–Trinajstić information content (AvgIpc) is 2.98. The van der Waals surface area contributed by atoms with E-state index in [1.165, 1.54) is 0 Å². The lowest BCUT2D eigenvalue weighted by molar-refractivity contribution is 0.0943. The van der Waals surface area contributed by atoms with Gasteiger partial charge in [-0.2, -0.15) is 0 Å². The van der Waals surface area contributed by atoms with Gasteiger partial charge in [-0.05, 0) is 36.8 Å². The van der Waals surface area contributed by atoms with Crippen molar-refractivity contribution in [2.45, 2.75) is 20.0 Å². The number of amides is 1. The van der Waals surface area contributed by atoms with Crippen molar-refractivity contribution >= 4 is 16.8 Å². The van der Waals surface area contributed by atoms with Crippen LogP contribution in [0.3, 0.4) is 0 Å². The molecule has 2 heterocycles. The molecule has 1 aromatic carbocycles. The summed E-state index contributed by atoms with van der Waals surface area (Å²) in [6.07, 6.45) is 1.75. The quantitative estimate of drug-likeness (QED) is 0.776. The Morgan fingerprint density at radius 2 is 2.04 bits per heavy atom. The predicted octanol–water partition coefficient (Wildman–Crippen LogP) is 2.30. The van der Waals surface area contributed by atoms with Crippen molar-refractivity contribution in [3.63, 3.8) is 0 Å². The highest BCUT2D eigenvalue weighted by molar-refractivity contribution is 5.98. The maximum Gasteiger partial charge on any atom is 0.268 e. The van der Waals surface area contributed by atoms with E-state index in [2.05, 4.69) is 5.32 Å². The third-order valence-corrected chi connectivity index (χ3v) is 4.34. The molecule has 0 saturated heterocycles. The molecule has 1 N–H and O–H groups in total. The summed E-state index contributed by atoms with van der Waals surface area (Å²) in [7, 11) is 3.40. The molecule has 0 radical (unpaired) electrons. The van der Waals surface area contributed by atoms with Gasteiger partial charge in [-0.25, -0.2) is 0 Å². The van der Waals surface area contributed by atoms with Crippen LogP contribution in [0.5, 0.6) is 5.75 Å². The van der Waals surface area contributed by atoms with Gasteiger partial charge in [-0.1, -0.05) is 12.1 Å². The monoisotopic (exact) mass is 339 g/mol. The van der Waals surface area contributed by atoms with Crippen LogP contribution in [0.25, 0.3) is 10.9 Å². The summed E-state index contributed by atoms with van der Waals surface area (Å²) < 4.78 is 8.56. The molecule has 0 aliphatic rings. The van der Waals surface area contributed by atoms with Gasteiger partial charge in [0.05, 0.1) is 18.0 Å². The number of carbonyl (C=O) groups excluding carboxylic acids is 1. The lowest BCUT2D eigenvalue weighted by atomic mass is 10.2. The molecule has 0 bridgehead atoms. The number of methoxy groups -OCH3 is 1. The van der Waals surface area contributed by atoms with Crippen molar-refractivity contribution < 1.29 is 9.53 Å². The Kier molecular flexibility index (Phi) is 4.61. The molecular formula is C19H21N3O3. The predicted molar refractivity (Wildman–Crippen MR) is 97.0 cm³/mol. The topological polar surface area (TPSA) is 65.3 Å². The molecule has 0 fully saturated rings. The standard InChI is InChI=1S/C19H21N3O3/c1-4-22-9-8-16-15(19(22)24)11-17(21(16)2)18(23)20-12-13-6-5-7-14(10-13)25-3/h5-11H,4,12H2,1-3H3,(H,20,23). The maximum absolute atomic E-state index is 12.6. The second kappa shape index (κ2) is 6.84. The minimum absolute atomic E-state index is 0.0811. The van der Waals surface area contributed by atoms with Crippen LogP contribution in [0.15, 0.2) is 47.4 Å². The number of carbonyl (C=O) groups is 1. The number of nitrogens with zero attached hydrogens (tertiary/aromatic N) is 2. The van der Waals surface area contributed by atoms with E-state index in [9.17, 15) is 9.59 Å². The van der Waals surface area contributed by atoms with Gasteiger partial charge in [0, 0.05) is 26.3 Å². The van der Waals surface area contributed by atoms with E-state index in [-0.39, 0.29) is 11.5 Å². The van der Waals surface area contributed by atoms with Crippen LogP contribution in [-0.4, -0.2) is 22.2 Å². The second-order valence-electron chi connectivity index (χ2n) is 5.83. The molecule has 130 valence electrons. The number of hydrogen-bond acceptors (Lipinski definition) is 3. The fourth-order valence-corrected chi connectivity index (χ4v) is 2.90. The Balaban J connectivity index is 1.85. The number of pyridine rings is 1. The van der Waals surface area contributed by atoms with E-state index in [1.54, 1.807) is 35.6 Å². The SMILES string of the molecule is CCn1ccc2c(cc(C(=O)NCc3cccc(OC)c3)n2C)c1=O. The van der Waals surface area contributed by atoms with Crippen LogP contribution in [0.1, 0.15) is 23.0 Å². The van der Waals surface area contributed by atoms with Crippen molar-refractivity contribution in [2.24, 2.45) is 7.05 Å². The molecule has 0 aliphatic heterocycles. The summed E-state index contributed by atoms with van der Waals surface area (Å²) in [5.74, 6) is 0.528. The molecule has 0 atom stereocenters. The molecule has 6 nitrogen and oxygen atoms in total. The Hall–Kier alpha value is -3.02. The highest BCUT2D eigenvalue weighted by atomic mass is 16.5. The molecule has 0 saturated carbocycles. The van der Waals surface area contributed by atoms with Gasteiger partial charge in [0.1, 0.15) is 11.4 Å². The third-order valence-electron chi connectivity index (χ3n) is 4.34. The molecular weight excluding hydrogens is 318 g/mol. The first-order valence-corrected chi connectivity index (χ1v) is 8.15. The first kappa shape index (κ1) is 16.8. The van der Waals surface area contributed by atoms with Crippen molar-refractivity contribution in [3.8, 4) is 5.75 Å².